The first-order valence-electron chi connectivity index (χ1n) is 6.69. The van der Waals surface area contributed by atoms with Gasteiger partial charge in [-0.15, -0.1) is 0 Å². The highest BCUT2D eigenvalue weighted by atomic mass is 16.5. The molecule has 1 aromatic carbocycles. The molecule has 2 aromatic rings. The maximum Gasteiger partial charge on any atom is 0.270 e. The van der Waals surface area contributed by atoms with Crippen LogP contribution in [-0.2, 0) is 6.54 Å². The minimum atomic E-state index is -0.590. The Balaban J connectivity index is 2.10. The molecule has 0 aliphatic heterocycles. The summed E-state index contributed by atoms with van der Waals surface area (Å²) in [7, 11) is 1.58. The van der Waals surface area contributed by atoms with Gasteiger partial charge in [0.2, 0.25) is 5.91 Å². The van der Waals surface area contributed by atoms with Crippen molar-refractivity contribution in [3.63, 3.8) is 0 Å². The summed E-state index contributed by atoms with van der Waals surface area (Å²) in [5, 5.41) is 2.75. The smallest absolute Gasteiger partial charge is 0.270 e. The highest BCUT2D eigenvalue weighted by molar-refractivity contribution is 5.97. The second-order valence-electron chi connectivity index (χ2n) is 4.78. The molecule has 6 nitrogen and oxygen atoms in total. The maximum absolute atomic E-state index is 12.1. The van der Waals surface area contributed by atoms with Crippen LogP contribution in [0.5, 0.6) is 5.75 Å². The summed E-state index contributed by atoms with van der Waals surface area (Å²) < 4.78 is 5.13. The summed E-state index contributed by atoms with van der Waals surface area (Å²) in [5.41, 5.74) is 7.12. The number of amides is 2. The molecule has 0 unspecified atom stereocenters. The standard InChI is InChI=1S/C16H17N3O3/c1-10-6-12(15(17)20)8-14(19-10)16(21)18-9-11-4-3-5-13(7-11)22-2/h3-8H,9H2,1-2H3,(H2,17,20)(H,18,21). The Morgan fingerprint density at radius 1 is 1.27 bits per heavy atom. The van der Waals surface area contributed by atoms with E-state index in [9.17, 15) is 9.59 Å². The molecule has 0 saturated heterocycles. The molecule has 114 valence electrons. The average molecular weight is 299 g/mol. The monoisotopic (exact) mass is 299 g/mol. The number of aryl methyl sites for hydroxylation is 1. The number of nitrogens with two attached hydrogens (primary N) is 1. The van der Waals surface area contributed by atoms with Crippen LogP contribution in [0.1, 0.15) is 32.1 Å². The summed E-state index contributed by atoms with van der Waals surface area (Å²) in [6.07, 6.45) is 0. The SMILES string of the molecule is COc1cccc(CNC(=O)c2cc(C(N)=O)cc(C)n2)c1. The molecule has 2 amide bonds. The third-order valence-corrected chi connectivity index (χ3v) is 3.06. The van der Waals surface area contributed by atoms with Gasteiger partial charge in [0.05, 0.1) is 7.11 Å². The van der Waals surface area contributed by atoms with Crippen LogP contribution in [0.25, 0.3) is 0 Å². The average Bonchev–Trinajstić information content (AvgIpc) is 2.52. The molecule has 0 aliphatic rings. The number of carbonyl (C=O) groups excluding carboxylic acids is 2. The molecule has 0 aliphatic carbocycles. The molecule has 1 aromatic heterocycles. The van der Waals surface area contributed by atoms with E-state index in [1.54, 1.807) is 20.1 Å². The number of rotatable bonds is 5. The van der Waals surface area contributed by atoms with Crippen molar-refractivity contribution in [3.05, 3.63) is 58.9 Å². The molecule has 22 heavy (non-hydrogen) atoms. The lowest BCUT2D eigenvalue weighted by atomic mass is 10.1. The number of hydrogen-bond donors (Lipinski definition) is 2. The molecule has 0 fully saturated rings. The van der Waals surface area contributed by atoms with Gasteiger partial charge in [-0.3, -0.25) is 9.59 Å². The third-order valence-electron chi connectivity index (χ3n) is 3.06. The quantitative estimate of drug-likeness (QED) is 0.873. The van der Waals surface area contributed by atoms with Crippen molar-refractivity contribution < 1.29 is 14.3 Å². The predicted octanol–water partition coefficient (Wildman–Crippen LogP) is 1.43. The second-order valence-corrected chi connectivity index (χ2v) is 4.78. The van der Waals surface area contributed by atoms with Crippen LogP contribution in [0.15, 0.2) is 36.4 Å². The fraction of sp³-hybridized carbons (Fsp3) is 0.188. The molecule has 6 heteroatoms. The van der Waals surface area contributed by atoms with Crippen molar-refractivity contribution in [2.75, 3.05) is 7.11 Å². The molecule has 0 bridgehead atoms. The molecule has 0 radical (unpaired) electrons. The molecule has 1 heterocycles. The van der Waals surface area contributed by atoms with Gasteiger partial charge in [-0.25, -0.2) is 4.98 Å². The van der Waals surface area contributed by atoms with E-state index in [4.69, 9.17) is 10.5 Å². The molecule has 0 atom stereocenters. The maximum atomic E-state index is 12.1. The van der Waals surface area contributed by atoms with E-state index in [1.165, 1.54) is 6.07 Å². The summed E-state index contributed by atoms with van der Waals surface area (Å²) in [4.78, 5) is 27.5. The predicted molar refractivity (Wildman–Crippen MR) is 81.7 cm³/mol. The number of methoxy groups -OCH3 is 1. The number of benzene rings is 1. The van der Waals surface area contributed by atoms with Crippen LogP contribution < -0.4 is 15.8 Å². The molecule has 0 spiro atoms. The van der Waals surface area contributed by atoms with Crippen molar-refractivity contribution in [1.29, 1.82) is 0 Å². The second kappa shape index (κ2) is 6.71. The number of ether oxygens (including phenoxy) is 1. The van der Waals surface area contributed by atoms with Crippen molar-refractivity contribution in [2.24, 2.45) is 5.73 Å². The number of pyridine rings is 1. The van der Waals surface area contributed by atoms with E-state index in [0.717, 1.165) is 11.3 Å². The van der Waals surface area contributed by atoms with Gasteiger partial charge in [0, 0.05) is 17.8 Å². The number of nitrogens with zero attached hydrogens (tertiary/aromatic N) is 1. The number of nitrogens with one attached hydrogen (secondary N) is 1. The van der Waals surface area contributed by atoms with E-state index >= 15 is 0 Å². The Kier molecular flexibility index (Phi) is 4.73. The minimum Gasteiger partial charge on any atom is -0.497 e. The minimum absolute atomic E-state index is 0.164. The highest BCUT2D eigenvalue weighted by Gasteiger charge is 2.11. The van der Waals surface area contributed by atoms with Crippen LogP contribution in [0.2, 0.25) is 0 Å². The van der Waals surface area contributed by atoms with E-state index < -0.39 is 5.91 Å². The van der Waals surface area contributed by atoms with Crippen molar-refractivity contribution in [3.8, 4) is 5.75 Å². The first kappa shape index (κ1) is 15.5. The van der Waals surface area contributed by atoms with Gasteiger partial charge in [0.15, 0.2) is 0 Å². The zero-order chi connectivity index (χ0) is 16.1. The Bertz CT molecular complexity index is 714. The van der Waals surface area contributed by atoms with Crippen LogP contribution in [-0.4, -0.2) is 23.9 Å². The number of carbonyl (C=O) groups is 2. The van der Waals surface area contributed by atoms with Crippen LogP contribution in [0.3, 0.4) is 0 Å². The normalized spacial score (nSPS) is 10.1. The van der Waals surface area contributed by atoms with E-state index in [2.05, 4.69) is 10.3 Å². The zero-order valence-electron chi connectivity index (χ0n) is 12.4. The first-order valence-corrected chi connectivity index (χ1v) is 6.69. The Labute approximate surface area is 128 Å². The van der Waals surface area contributed by atoms with Gasteiger partial charge >= 0.3 is 0 Å². The lowest BCUT2D eigenvalue weighted by molar-refractivity contribution is 0.0945. The zero-order valence-corrected chi connectivity index (χ0v) is 12.4. The van der Waals surface area contributed by atoms with Crippen molar-refractivity contribution >= 4 is 11.8 Å². The summed E-state index contributed by atoms with van der Waals surface area (Å²) >= 11 is 0. The largest absolute Gasteiger partial charge is 0.497 e. The van der Waals surface area contributed by atoms with Gasteiger partial charge in [-0.1, -0.05) is 12.1 Å². The van der Waals surface area contributed by atoms with Crippen molar-refractivity contribution in [1.82, 2.24) is 10.3 Å². The number of primary amides is 1. The van der Waals surface area contributed by atoms with Crippen LogP contribution >= 0.6 is 0 Å². The Hall–Kier alpha value is -2.89. The van der Waals surface area contributed by atoms with Gasteiger partial charge in [0.25, 0.3) is 5.91 Å². The fourth-order valence-electron chi connectivity index (χ4n) is 1.98. The van der Waals surface area contributed by atoms with E-state index in [-0.39, 0.29) is 17.2 Å². The molecular formula is C16H17N3O3. The number of aromatic nitrogens is 1. The van der Waals surface area contributed by atoms with Gasteiger partial charge < -0.3 is 15.8 Å². The molecule has 0 saturated carbocycles. The molecule has 2 rings (SSSR count). The van der Waals surface area contributed by atoms with Crippen molar-refractivity contribution in [2.45, 2.75) is 13.5 Å². The fourth-order valence-corrected chi connectivity index (χ4v) is 1.98. The first-order chi connectivity index (χ1) is 10.5. The molecule has 3 N–H and O–H groups in total. The molecular weight excluding hydrogens is 282 g/mol. The van der Waals surface area contributed by atoms with E-state index in [0.29, 0.717) is 12.2 Å². The highest BCUT2D eigenvalue weighted by Crippen LogP contribution is 2.12. The number of hydrogen-bond acceptors (Lipinski definition) is 4. The summed E-state index contributed by atoms with van der Waals surface area (Å²) in [5.74, 6) is -0.238. The Morgan fingerprint density at radius 2 is 2.05 bits per heavy atom. The lowest BCUT2D eigenvalue weighted by Gasteiger charge is -2.08. The summed E-state index contributed by atoms with van der Waals surface area (Å²) in [6, 6.07) is 10.3. The van der Waals surface area contributed by atoms with Gasteiger partial charge in [0.1, 0.15) is 11.4 Å². The Morgan fingerprint density at radius 3 is 2.73 bits per heavy atom. The summed E-state index contributed by atoms with van der Waals surface area (Å²) in [6.45, 7) is 2.03. The topological polar surface area (TPSA) is 94.3 Å². The van der Waals surface area contributed by atoms with Gasteiger partial charge in [-0.05, 0) is 36.8 Å². The van der Waals surface area contributed by atoms with E-state index in [1.807, 2.05) is 24.3 Å². The third kappa shape index (κ3) is 3.82. The van der Waals surface area contributed by atoms with Crippen LogP contribution in [0, 0.1) is 6.92 Å². The lowest BCUT2D eigenvalue weighted by Crippen LogP contribution is -2.25. The van der Waals surface area contributed by atoms with Crippen LogP contribution in [0.4, 0.5) is 0 Å². The van der Waals surface area contributed by atoms with Gasteiger partial charge in [-0.2, -0.15) is 0 Å².